The lowest BCUT2D eigenvalue weighted by atomic mass is 9.76. The Hall–Kier alpha value is -2.06. The molecule has 1 aliphatic carbocycles. The molecule has 3 heteroatoms. The van der Waals surface area contributed by atoms with Gasteiger partial charge in [0.05, 0.1) is 6.04 Å². The van der Waals surface area contributed by atoms with Crippen molar-refractivity contribution in [1.82, 2.24) is 0 Å². The highest BCUT2D eigenvalue weighted by molar-refractivity contribution is 6.30. The zero-order valence-electron chi connectivity index (χ0n) is 12.7. The molecule has 3 aliphatic rings. The van der Waals surface area contributed by atoms with E-state index in [1.807, 2.05) is 54.6 Å². The van der Waals surface area contributed by atoms with Gasteiger partial charge in [-0.1, -0.05) is 54.1 Å². The van der Waals surface area contributed by atoms with E-state index in [9.17, 15) is 4.79 Å². The number of hydrogen-bond acceptors (Lipinski definition) is 2. The predicted molar refractivity (Wildman–Crippen MR) is 94.1 cm³/mol. The van der Waals surface area contributed by atoms with Gasteiger partial charge in [0.25, 0.3) is 0 Å². The van der Waals surface area contributed by atoms with E-state index in [-0.39, 0.29) is 17.7 Å². The molecule has 2 nitrogen and oxygen atoms in total. The van der Waals surface area contributed by atoms with Crippen LogP contribution in [0, 0.1) is 5.92 Å². The van der Waals surface area contributed by atoms with Crippen LogP contribution in [0.15, 0.2) is 66.7 Å². The summed E-state index contributed by atoms with van der Waals surface area (Å²) >= 11 is 6.03. The number of halogens is 1. The third kappa shape index (κ3) is 2.57. The minimum atomic E-state index is -0.123. The first-order valence-corrected chi connectivity index (χ1v) is 8.43. The van der Waals surface area contributed by atoms with E-state index in [0.29, 0.717) is 6.04 Å². The van der Waals surface area contributed by atoms with Gasteiger partial charge in [-0.15, -0.1) is 0 Å². The van der Waals surface area contributed by atoms with Crippen LogP contribution in [0.1, 0.15) is 23.2 Å². The zero-order chi connectivity index (χ0) is 15.8. The Labute approximate surface area is 141 Å². The maximum atomic E-state index is 13.1. The van der Waals surface area contributed by atoms with Crippen molar-refractivity contribution in [3.05, 3.63) is 77.3 Å². The molecular weight excluding hydrogens is 306 g/mol. The fraction of sp³-hybridized carbons (Fsp3) is 0.250. The van der Waals surface area contributed by atoms with Crippen LogP contribution in [0.25, 0.3) is 0 Å². The van der Waals surface area contributed by atoms with Crippen molar-refractivity contribution in [2.24, 2.45) is 5.92 Å². The molecule has 2 heterocycles. The van der Waals surface area contributed by atoms with Crippen molar-refractivity contribution < 1.29 is 4.79 Å². The first kappa shape index (κ1) is 14.5. The van der Waals surface area contributed by atoms with Gasteiger partial charge < -0.3 is 4.90 Å². The van der Waals surface area contributed by atoms with Crippen molar-refractivity contribution in [2.75, 3.05) is 4.90 Å². The number of piperidine rings is 1. The lowest BCUT2D eigenvalue weighted by molar-refractivity contribution is 0.0912. The summed E-state index contributed by atoms with van der Waals surface area (Å²) < 4.78 is 0. The molecule has 0 amide bonds. The molecule has 2 aromatic carbocycles. The van der Waals surface area contributed by atoms with Gasteiger partial charge in [-0.2, -0.15) is 0 Å². The summed E-state index contributed by atoms with van der Waals surface area (Å²) in [5, 5.41) is 0.720. The maximum Gasteiger partial charge on any atom is 0.185 e. The van der Waals surface area contributed by atoms with E-state index >= 15 is 0 Å². The lowest BCUT2D eigenvalue weighted by Gasteiger charge is -2.48. The minimum absolute atomic E-state index is 0.123. The molecule has 2 aliphatic heterocycles. The Morgan fingerprint density at radius 2 is 1.70 bits per heavy atom. The smallest absolute Gasteiger partial charge is 0.185 e. The van der Waals surface area contributed by atoms with Gasteiger partial charge in [0, 0.05) is 28.2 Å². The van der Waals surface area contributed by atoms with Crippen molar-refractivity contribution in [1.29, 1.82) is 0 Å². The minimum Gasteiger partial charge on any atom is -0.354 e. The molecule has 0 aromatic heterocycles. The molecule has 0 N–H and O–H groups in total. The van der Waals surface area contributed by atoms with E-state index in [0.717, 1.165) is 29.1 Å². The Bertz CT molecular complexity index is 738. The third-order valence-electron chi connectivity index (χ3n) is 4.89. The van der Waals surface area contributed by atoms with Gasteiger partial charge in [0.2, 0.25) is 0 Å². The quantitative estimate of drug-likeness (QED) is 0.600. The fourth-order valence-corrected chi connectivity index (χ4v) is 3.92. The van der Waals surface area contributed by atoms with E-state index in [1.165, 1.54) is 0 Å². The van der Waals surface area contributed by atoms with Gasteiger partial charge >= 0.3 is 0 Å². The summed E-state index contributed by atoms with van der Waals surface area (Å²) in [6.07, 6.45) is 6.65. The van der Waals surface area contributed by atoms with E-state index < -0.39 is 0 Å². The largest absolute Gasteiger partial charge is 0.354 e. The number of anilines is 1. The highest BCUT2D eigenvalue weighted by Crippen LogP contribution is 2.39. The number of Topliss-reactive ketones (excluding diaryl/α,β-unsaturated/α-hetero) is 1. The first-order valence-electron chi connectivity index (χ1n) is 8.05. The van der Waals surface area contributed by atoms with Crippen LogP contribution in [-0.2, 0) is 0 Å². The molecule has 0 unspecified atom stereocenters. The second kappa shape index (κ2) is 5.86. The molecule has 0 radical (unpaired) electrons. The molecule has 2 bridgehead atoms. The second-order valence-corrected chi connectivity index (χ2v) is 6.69. The number of ketones is 1. The van der Waals surface area contributed by atoms with Crippen molar-refractivity contribution in [2.45, 2.75) is 24.9 Å². The van der Waals surface area contributed by atoms with Crippen molar-refractivity contribution in [3.8, 4) is 0 Å². The maximum absolute atomic E-state index is 13.1. The zero-order valence-corrected chi connectivity index (χ0v) is 13.5. The van der Waals surface area contributed by atoms with E-state index in [2.05, 4.69) is 17.1 Å². The Morgan fingerprint density at radius 3 is 2.35 bits per heavy atom. The summed E-state index contributed by atoms with van der Waals surface area (Å²) in [6.45, 7) is 0. The van der Waals surface area contributed by atoms with E-state index in [4.69, 9.17) is 11.6 Å². The molecule has 2 aromatic rings. The van der Waals surface area contributed by atoms with E-state index in [1.54, 1.807) is 0 Å². The molecule has 1 fully saturated rings. The van der Waals surface area contributed by atoms with Gasteiger partial charge in [0.1, 0.15) is 0 Å². The summed E-state index contributed by atoms with van der Waals surface area (Å²) in [5.74, 6) is 0.489. The highest BCUT2D eigenvalue weighted by atomic mass is 35.5. The number of nitrogens with zero attached hydrogens (tertiary/aromatic N) is 1. The number of fused-ring (bicyclic) bond motifs is 2. The highest BCUT2D eigenvalue weighted by Gasteiger charge is 2.42. The molecule has 3 atom stereocenters. The average Bonchev–Trinajstić information content (AvgIpc) is 2.63. The summed E-state index contributed by atoms with van der Waals surface area (Å²) in [4.78, 5) is 15.4. The Balaban J connectivity index is 1.74. The number of hydrogen-bond donors (Lipinski definition) is 0. The van der Waals surface area contributed by atoms with Crippen LogP contribution in [0.2, 0.25) is 5.02 Å². The molecule has 1 saturated heterocycles. The average molecular weight is 324 g/mol. The number of rotatable bonds is 3. The molecular formula is C20H18ClNO. The normalized spacial score (nSPS) is 25.6. The lowest BCUT2D eigenvalue weighted by Crippen LogP contribution is -2.56. The van der Waals surface area contributed by atoms with Crippen LogP contribution in [0.3, 0.4) is 0 Å². The molecule has 116 valence electrons. The van der Waals surface area contributed by atoms with Gasteiger partial charge in [-0.3, -0.25) is 4.79 Å². The number of carbonyl (C=O) groups excluding carboxylic acids is 1. The monoisotopic (exact) mass is 323 g/mol. The number of benzene rings is 2. The van der Waals surface area contributed by atoms with Crippen LogP contribution in [0.5, 0.6) is 0 Å². The first-order chi connectivity index (χ1) is 11.2. The number of carbonyl (C=O) groups is 1. The fourth-order valence-electron chi connectivity index (χ4n) is 3.79. The summed E-state index contributed by atoms with van der Waals surface area (Å²) in [6, 6.07) is 17.6. The van der Waals surface area contributed by atoms with Crippen molar-refractivity contribution >= 4 is 23.1 Å². The molecule has 23 heavy (non-hydrogen) atoms. The summed E-state index contributed by atoms with van der Waals surface area (Å²) in [5.41, 5.74) is 1.86. The Kier molecular flexibility index (Phi) is 3.70. The van der Waals surface area contributed by atoms with Crippen LogP contribution >= 0.6 is 11.6 Å². The topological polar surface area (TPSA) is 20.3 Å². The molecule has 0 spiro atoms. The third-order valence-corrected chi connectivity index (χ3v) is 5.14. The van der Waals surface area contributed by atoms with Crippen LogP contribution in [-0.4, -0.2) is 17.9 Å². The predicted octanol–water partition coefficient (Wildman–Crippen LogP) is 4.75. The second-order valence-electron chi connectivity index (χ2n) is 6.25. The van der Waals surface area contributed by atoms with Gasteiger partial charge in [-0.25, -0.2) is 0 Å². The van der Waals surface area contributed by atoms with Crippen LogP contribution in [0.4, 0.5) is 5.69 Å². The van der Waals surface area contributed by atoms with Gasteiger partial charge in [0.15, 0.2) is 5.78 Å². The van der Waals surface area contributed by atoms with Crippen LogP contribution < -0.4 is 4.90 Å². The van der Waals surface area contributed by atoms with Gasteiger partial charge in [-0.05, 0) is 37.1 Å². The molecule has 0 saturated carbocycles. The standard InChI is InChI=1S/C20H18ClNO/c21-16-8-12-18(13-9-16)22-17-10-6-14(7-11-17)19(22)20(23)15-4-2-1-3-5-15/h1-6,8-10,12-14,17,19H,7,11H2/t14-,17+,19+/m0/s1. The molecule has 5 rings (SSSR count). The Morgan fingerprint density at radius 1 is 0.957 bits per heavy atom. The summed E-state index contributed by atoms with van der Waals surface area (Å²) in [7, 11) is 0. The van der Waals surface area contributed by atoms with Crippen molar-refractivity contribution in [3.63, 3.8) is 0 Å². The SMILES string of the molecule is O=C(c1ccccc1)[C@H]1[C@H]2C=C[C@H](CC2)N1c1ccc(Cl)cc1.